The summed E-state index contributed by atoms with van der Waals surface area (Å²) in [6.07, 6.45) is 2.15. The summed E-state index contributed by atoms with van der Waals surface area (Å²) < 4.78 is 12.3. The first-order valence-electron chi connectivity index (χ1n) is 5.71. The van der Waals surface area contributed by atoms with Gasteiger partial charge in [0.2, 0.25) is 0 Å². The molecule has 5 heteroatoms. The Kier molecular flexibility index (Phi) is 4.86. The Morgan fingerprint density at radius 1 is 1.24 bits per heavy atom. The summed E-state index contributed by atoms with van der Waals surface area (Å²) >= 11 is 12.1. The quantitative estimate of drug-likeness (QED) is 0.927. The van der Waals surface area contributed by atoms with E-state index in [2.05, 4.69) is 5.32 Å². The normalized spacial score (nSPS) is 19.2. The van der Waals surface area contributed by atoms with Crippen molar-refractivity contribution in [2.24, 2.45) is 5.92 Å². The lowest BCUT2D eigenvalue weighted by atomic mass is 10.0. The Balaban J connectivity index is 2.08. The van der Waals surface area contributed by atoms with Crippen molar-refractivity contribution in [1.82, 2.24) is 5.32 Å². The van der Waals surface area contributed by atoms with E-state index in [1.807, 2.05) is 0 Å². The molecule has 2 nitrogen and oxygen atoms in total. The predicted molar refractivity (Wildman–Crippen MR) is 73.3 cm³/mol. The van der Waals surface area contributed by atoms with E-state index in [0.29, 0.717) is 26.6 Å². The third kappa shape index (κ3) is 3.44. The fraction of sp³-hybridized carbons (Fsp3) is 0.500. The fourth-order valence-electron chi connectivity index (χ4n) is 2.05. The topological polar surface area (TPSA) is 29.1 Å². The Labute approximate surface area is 114 Å². The molecular weight excluding hydrogens is 277 g/mol. The van der Waals surface area contributed by atoms with Crippen LogP contribution in [0.5, 0.6) is 0 Å². The Hall–Kier alpha value is -0.0900. The zero-order valence-corrected chi connectivity index (χ0v) is 11.7. The summed E-state index contributed by atoms with van der Waals surface area (Å²) in [5, 5.41) is 4.31. The minimum Gasteiger partial charge on any atom is -0.317 e. The van der Waals surface area contributed by atoms with E-state index in [9.17, 15) is 4.21 Å². The number of rotatable bonds is 3. The second-order valence-electron chi connectivity index (χ2n) is 4.26. The maximum atomic E-state index is 12.3. The van der Waals surface area contributed by atoms with E-state index < -0.39 is 10.8 Å². The molecule has 1 aromatic rings. The van der Waals surface area contributed by atoms with Crippen LogP contribution in [0.15, 0.2) is 23.1 Å². The van der Waals surface area contributed by atoms with E-state index >= 15 is 0 Å². The van der Waals surface area contributed by atoms with Gasteiger partial charge in [-0.25, -0.2) is 0 Å². The lowest BCUT2D eigenvalue weighted by Gasteiger charge is -2.22. The van der Waals surface area contributed by atoms with E-state index in [0.717, 1.165) is 25.9 Å². The highest BCUT2D eigenvalue weighted by Gasteiger charge is 2.19. The van der Waals surface area contributed by atoms with Crippen LogP contribution < -0.4 is 5.32 Å². The van der Waals surface area contributed by atoms with Gasteiger partial charge in [-0.15, -0.1) is 0 Å². The van der Waals surface area contributed by atoms with Gasteiger partial charge in [-0.05, 0) is 44.0 Å². The number of nitrogens with one attached hydrogen (secondary N) is 1. The molecule has 0 spiro atoms. The molecule has 1 saturated heterocycles. The minimum absolute atomic E-state index is 0.504. The number of halogens is 2. The molecule has 2 rings (SSSR count). The first kappa shape index (κ1) is 13.3. The van der Waals surface area contributed by atoms with Crippen molar-refractivity contribution in [1.29, 1.82) is 0 Å². The summed E-state index contributed by atoms with van der Waals surface area (Å²) in [5.74, 6) is 1.16. The number of hydrogen-bond acceptors (Lipinski definition) is 2. The van der Waals surface area contributed by atoms with Crippen LogP contribution >= 0.6 is 23.2 Å². The first-order chi connectivity index (χ1) is 8.18. The van der Waals surface area contributed by atoms with Crippen LogP contribution in [0.1, 0.15) is 12.8 Å². The molecule has 0 radical (unpaired) electrons. The zero-order chi connectivity index (χ0) is 12.3. The Bertz CT molecular complexity index is 399. The van der Waals surface area contributed by atoms with Gasteiger partial charge in [0.1, 0.15) is 0 Å². The van der Waals surface area contributed by atoms with Crippen LogP contribution in [-0.2, 0) is 10.8 Å². The molecule has 17 heavy (non-hydrogen) atoms. The number of piperidine rings is 1. The molecule has 0 bridgehead atoms. The van der Waals surface area contributed by atoms with E-state index in [4.69, 9.17) is 23.2 Å². The van der Waals surface area contributed by atoms with Crippen molar-refractivity contribution >= 4 is 34.0 Å². The van der Waals surface area contributed by atoms with Gasteiger partial charge in [0, 0.05) is 5.75 Å². The summed E-state index contributed by atoms with van der Waals surface area (Å²) in [4.78, 5) is 0.592. The van der Waals surface area contributed by atoms with Crippen LogP contribution in [-0.4, -0.2) is 23.1 Å². The third-order valence-corrected chi connectivity index (χ3v) is 5.52. The SMILES string of the molecule is O=S(CC1CCNCC1)c1c(Cl)cccc1Cl. The molecule has 1 unspecified atom stereocenters. The summed E-state index contributed by atoms with van der Waals surface area (Å²) in [5.41, 5.74) is 0. The van der Waals surface area contributed by atoms with E-state index in [1.54, 1.807) is 18.2 Å². The van der Waals surface area contributed by atoms with E-state index in [-0.39, 0.29) is 0 Å². The Morgan fingerprint density at radius 2 is 1.82 bits per heavy atom. The molecule has 0 saturated carbocycles. The van der Waals surface area contributed by atoms with Crippen LogP contribution in [0, 0.1) is 5.92 Å². The van der Waals surface area contributed by atoms with Crippen LogP contribution in [0.3, 0.4) is 0 Å². The summed E-state index contributed by atoms with van der Waals surface area (Å²) in [7, 11) is -1.10. The molecule has 1 atom stereocenters. The molecular formula is C12H15Cl2NOS. The molecule has 1 N–H and O–H groups in total. The van der Waals surface area contributed by atoms with Gasteiger partial charge >= 0.3 is 0 Å². The third-order valence-electron chi connectivity index (χ3n) is 2.99. The van der Waals surface area contributed by atoms with Gasteiger partial charge in [0.25, 0.3) is 0 Å². The lowest BCUT2D eigenvalue weighted by Crippen LogP contribution is -2.30. The smallest absolute Gasteiger partial charge is 0.0760 e. The molecule has 1 aromatic carbocycles. The second kappa shape index (κ2) is 6.19. The van der Waals surface area contributed by atoms with Gasteiger partial charge < -0.3 is 5.32 Å². The van der Waals surface area contributed by atoms with Gasteiger partial charge in [0.05, 0.1) is 25.7 Å². The maximum absolute atomic E-state index is 12.3. The van der Waals surface area contributed by atoms with Crippen molar-refractivity contribution in [3.63, 3.8) is 0 Å². The lowest BCUT2D eigenvalue weighted by molar-refractivity contribution is 0.405. The van der Waals surface area contributed by atoms with Gasteiger partial charge in [0.15, 0.2) is 0 Å². The summed E-state index contributed by atoms with van der Waals surface area (Å²) in [6, 6.07) is 5.25. The van der Waals surface area contributed by atoms with Crippen molar-refractivity contribution in [3.05, 3.63) is 28.2 Å². The molecule has 0 aliphatic carbocycles. The van der Waals surface area contributed by atoms with Crippen molar-refractivity contribution < 1.29 is 4.21 Å². The zero-order valence-electron chi connectivity index (χ0n) is 9.42. The average molecular weight is 292 g/mol. The maximum Gasteiger partial charge on any atom is 0.0760 e. The average Bonchev–Trinajstić information content (AvgIpc) is 2.30. The van der Waals surface area contributed by atoms with Crippen molar-refractivity contribution in [3.8, 4) is 0 Å². The molecule has 1 aliphatic rings. The van der Waals surface area contributed by atoms with Crippen LogP contribution in [0.2, 0.25) is 10.0 Å². The minimum atomic E-state index is -1.10. The van der Waals surface area contributed by atoms with E-state index in [1.165, 1.54) is 0 Å². The highest BCUT2D eigenvalue weighted by atomic mass is 35.5. The van der Waals surface area contributed by atoms with Gasteiger partial charge in [-0.2, -0.15) is 0 Å². The van der Waals surface area contributed by atoms with Crippen molar-refractivity contribution in [2.45, 2.75) is 17.7 Å². The molecule has 1 heterocycles. The molecule has 94 valence electrons. The molecule has 1 aliphatic heterocycles. The van der Waals surface area contributed by atoms with Gasteiger partial charge in [-0.3, -0.25) is 4.21 Å². The second-order valence-corrected chi connectivity index (χ2v) is 6.50. The number of benzene rings is 1. The van der Waals surface area contributed by atoms with Crippen LogP contribution in [0.4, 0.5) is 0 Å². The predicted octanol–water partition coefficient (Wildman–Crippen LogP) is 3.10. The number of hydrogen-bond donors (Lipinski definition) is 1. The van der Waals surface area contributed by atoms with Crippen LogP contribution in [0.25, 0.3) is 0 Å². The molecule has 0 aromatic heterocycles. The monoisotopic (exact) mass is 291 g/mol. The molecule has 0 amide bonds. The highest BCUT2D eigenvalue weighted by Crippen LogP contribution is 2.29. The van der Waals surface area contributed by atoms with Crippen molar-refractivity contribution in [2.75, 3.05) is 18.8 Å². The highest BCUT2D eigenvalue weighted by molar-refractivity contribution is 7.85. The van der Waals surface area contributed by atoms with Gasteiger partial charge in [-0.1, -0.05) is 29.3 Å². The first-order valence-corrected chi connectivity index (χ1v) is 7.79. The fourth-order valence-corrected chi connectivity index (χ4v) is 4.46. The summed E-state index contributed by atoms with van der Waals surface area (Å²) in [6.45, 7) is 2.02. The Morgan fingerprint density at radius 3 is 2.41 bits per heavy atom. The molecule has 1 fully saturated rings. The standard InChI is InChI=1S/C12H15Cl2NOS/c13-10-2-1-3-11(14)12(10)17(16)8-9-4-6-15-7-5-9/h1-3,9,15H,4-8H2. The largest absolute Gasteiger partial charge is 0.317 e.